The molecule has 0 spiro atoms. The van der Waals surface area contributed by atoms with Crippen LogP contribution in [0.3, 0.4) is 0 Å². The fourth-order valence-electron chi connectivity index (χ4n) is 1.01. The Morgan fingerprint density at radius 2 is 2.07 bits per heavy atom. The van der Waals surface area contributed by atoms with Crippen LogP contribution in [0.1, 0.15) is 39.5 Å². The molecule has 0 fully saturated rings. The molecule has 0 heterocycles. The molecule has 0 radical (unpaired) electrons. The van der Waals surface area contributed by atoms with E-state index in [1.807, 2.05) is 0 Å². The van der Waals surface area contributed by atoms with Crippen LogP contribution >= 0.6 is 12.2 Å². The van der Waals surface area contributed by atoms with E-state index in [0.29, 0.717) is 6.61 Å². The van der Waals surface area contributed by atoms with E-state index in [0.717, 1.165) is 17.8 Å². The molecule has 82 valence electrons. The second-order valence-electron chi connectivity index (χ2n) is 3.04. The van der Waals surface area contributed by atoms with Gasteiger partial charge in [0.15, 0.2) is 0 Å². The molecule has 1 N–H and O–H groups in total. The normalized spacial score (nSPS) is 9.57. The summed E-state index contributed by atoms with van der Waals surface area (Å²) in [6, 6.07) is 0. The van der Waals surface area contributed by atoms with Crippen molar-refractivity contribution in [3.8, 4) is 0 Å². The van der Waals surface area contributed by atoms with Crippen LogP contribution in [-0.2, 0) is 9.53 Å². The molecular formula is C10H19NO2S. The van der Waals surface area contributed by atoms with Crippen LogP contribution in [0.2, 0.25) is 0 Å². The van der Waals surface area contributed by atoms with Gasteiger partial charge in [0.2, 0.25) is 0 Å². The quantitative estimate of drug-likeness (QED) is 0.402. The molecule has 0 unspecified atom stereocenters. The van der Waals surface area contributed by atoms with Gasteiger partial charge in [-0.25, -0.2) is 0 Å². The van der Waals surface area contributed by atoms with Crippen molar-refractivity contribution in [3.63, 3.8) is 0 Å². The van der Waals surface area contributed by atoms with Crippen LogP contribution in [0.15, 0.2) is 0 Å². The second kappa shape index (κ2) is 8.94. The number of carbonyl (C=O) groups excluding carboxylic acids is 1. The lowest BCUT2D eigenvalue weighted by molar-refractivity contribution is -0.141. The van der Waals surface area contributed by atoms with Gasteiger partial charge in [-0.2, -0.15) is 0 Å². The molecule has 0 rings (SSSR count). The van der Waals surface area contributed by atoms with Crippen molar-refractivity contribution in [2.75, 3.05) is 13.2 Å². The standard InChI is InChI=1S/C10H19NO2S/c1-3-5-6-7-9(14)11-8-10(12)13-4-2/h3-8H2,1-2H3,(H,11,14). The van der Waals surface area contributed by atoms with Gasteiger partial charge in [-0.3, -0.25) is 4.79 Å². The smallest absolute Gasteiger partial charge is 0.325 e. The van der Waals surface area contributed by atoms with E-state index in [1.54, 1.807) is 6.92 Å². The monoisotopic (exact) mass is 217 g/mol. The Labute approximate surface area is 91.2 Å². The van der Waals surface area contributed by atoms with Crippen molar-refractivity contribution in [3.05, 3.63) is 0 Å². The van der Waals surface area contributed by atoms with Crippen LogP contribution in [0.4, 0.5) is 0 Å². The first-order chi connectivity index (χ1) is 6.70. The molecule has 0 saturated carbocycles. The van der Waals surface area contributed by atoms with Crippen molar-refractivity contribution in [1.82, 2.24) is 5.32 Å². The van der Waals surface area contributed by atoms with E-state index in [9.17, 15) is 4.79 Å². The number of nitrogens with one attached hydrogen (secondary N) is 1. The van der Waals surface area contributed by atoms with Crippen molar-refractivity contribution < 1.29 is 9.53 Å². The largest absolute Gasteiger partial charge is 0.465 e. The molecule has 0 aliphatic carbocycles. The number of esters is 1. The first-order valence-corrected chi connectivity index (χ1v) is 5.53. The minimum atomic E-state index is -0.245. The Morgan fingerprint density at radius 3 is 2.64 bits per heavy atom. The molecule has 0 aromatic rings. The molecule has 0 aliphatic heterocycles. The van der Waals surface area contributed by atoms with Gasteiger partial charge in [-0.1, -0.05) is 32.0 Å². The number of rotatable bonds is 7. The summed E-state index contributed by atoms with van der Waals surface area (Å²) < 4.78 is 4.76. The average molecular weight is 217 g/mol. The van der Waals surface area contributed by atoms with Gasteiger partial charge in [-0.15, -0.1) is 0 Å². The summed E-state index contributed by atoms with van der Waals surface area (Å²) in [5, 5.41) is 2.88. The van der Waals surface area contributed by atoms with Crippen LogP contribution in [0.25, 0.3) is 0 Å². The van der Waals surface area contributed by atoms with Crippen LogP contribution in [0, 0.1) is 0 Å². The van der Waals surface area contributed by atoms with Gasteiger partial charge in [0, 0.05) is 0 Å². The Balaban J connectivity index is 3.39. The number of carbonyl (C=O) groups is 1. The van der Waals surface area contributed by atoms with Crippen LogP contribution in [-0.4, -0.2) is 24.1 Å². The van der Waals surface area contributed by atoms with E-state index in [4.69, 9.17) is 17.0 Å². The third-order valence-electron chi connectivity index (χ3n) is 1.74. The van der Waals surface area contributed by atoms with Gasteiger partial charge in [0.05, 0.1) is 11.6 Å². The highest BCUT2D eigenvalue weighted by atomic mass is 32.1. The predicted octanol–water partition coefficient (Wildman–Crippen LogP) is 2.05. The number of hydrogen-bond acceptors (Lipinski definition) is 3. The number of unbranched alkanes of at least 4 members (excludes halogenated alkanes) is 2. The topological polar surface area (TPSA) is 38.3 Å². The maximum atomic E-state index is 10.9. The molecule has 0 bridgehead atoms. The first kappa shape index (κ1) is 13.4. The third-order valence-corrected chi connectivity index (χ3v) is 2.09. The van der Waals surface area contributed by atoms with Gasteiger partial charge in [0.1, 0.15) is 6.54 Å². The zero-order valence-corrected chi connectivity index (χ0v) is 9.78. The Morgan fingerprint density at radius 1 is 1.36 bits per heavy atom. The van der Waals surface area contributed by atoms with Crippen LogP contribution < -0.4 is 5.32 Å². The van der Waals surface area contributed by atoms with Crippen molar-refractivity contribution in [2.45, 2.75) is 39.5 Å². The predicted molar refractivity (Wildman–Crippen MR) is 61.4 cm³/mol. The molecule has 3 nitrogen and oxygen atoms in total. The Kier molecular flexibility index (Phi) is 8.53. The highest BCUT2D eigenvalue weighted by Gasteiger charge is 2.02. The Bertz CT molecular complexity index is 183. The van der Waals surface area contributed by atoms with Gasteiger partial charge < -0.3 is 10.1 Å². The lowest BCUT2D eigenvalue weighted by atomic mass is 10.2. The first-order valence-electron chi connectivity index (χ1n) is 5.13. The summed E-state index contributed by atoms with van der Waals surface area (Å²) in [6.45, 7) is 4.55. The summed E-state index contributed by atoms with van der Waals surface area (Å²) in [7, 11) is 0. The average Bonchev–Trinajstić information content (AvgIpc) is 2.16. The number of thiocarbonyl (C=S) groups is 1. The molecule has 0 aromatic heterocycles. The third kappa shape index (κ3) is 7.98. The lowest BCUT2D eigenvalue weighted by Crippen LogP contribution is -2.29. The molecule has 4 heteroatoms. The van der Waals surface area contributed by atoms with Gasteiger partial charge in [-0.05, 0) is 19.8 Å². The van der Waals surface area contributed by atoms with Crippen molar-refractivity contribution >= 4 is 23.2 Å². The van der Waals surface area contributed by atoms with Gasteiger partial charge in [0.25, 0.3) is 0 Å². The Hall–Kier alpha value is -0.640. The summed E-state index contributed by atoms with van der Waals surface area (Å²) >= 11 is 5.05. The SMILES string of the molecule is CCCCCC(=S)NCC(=O)OCC. The van der Waals surface area contributed by atoms with E-state index in [-0.39, 0.29) is 12.5 Å². The zero-order chi connectivity index (χ0) is 10.8. The van der Waals surface area contributed by atoms with Gasteiger partial charge >= 0.3 is 5.97 Å². The molecule has 0 aromatic carbocycles. The fraction of sp³-hybridized carbons (Fsp3) is 0.800. The molecule has 14 heavy (non-hydrogen) atoms. The maximum absolute atomic E-state index is 10.9. The van der Waals surface area contributed by atoms with Crippen molar-refractivity contribution in [1.29, 1.82) is 0 Å². The second-order valence-corrected chi connectivity index (χ2v) is 3.53. The molecule has 0 amide bonds. The van der Waals surface area contributed by atoms with E-state index >= 15 is 0 Å². The fourth-order valence-corrected chi connectivity index (χ4v) is 1.22. The summed E-state index contributed by atoms with van der Waals surface area (Å²) in [5.41, 5.74) is 0. The molecule has 0 aliphatic rings. The van der Waals surface area contributed by atoms with E-state index < -0.39 is 0 Å². The van der Waals surface area contributed by atoms with Crippen molar-refractivity contribution in [2.24, 2.45) is 0 Å². The molecule has 0 saturated heterocycles. The molecular weight excluding hydrogens is 198 g/mol. The molecule has 0 atom stereocenters. The lowest BCUT2D eigenvalue weighted by Gasteiger charge is -2.06. The minimum Gasteiger partial charge on any atom is -0.465 e. The number of hydrogen-bond donors (Lipinski definition) is 1. The summed E-state index contributed by atoms with van der Waals surface area (Å²) in [4.78, 5) is 11.7. The summed E-state index contributed by atoms with van der Waals surface area (Å²) in [5.74, 6) is -0.245. The zero-order valence-electron chi connectivity index (χ0n) is 8.97. The van der Waals surface area contributed by atoms with E-state index in [1.165, 1.54) is 12.8 Å². The number of ether oxygens (including phenoxy) is 1. The van der Waals surface area contributed by atoms with E-state index in [2.05, 4.69) is 12.2 Å². The highest BCUT2D eigenvalue weighted by molar-refractivity contribution is 7.80. The van der Waals surface area contributed by atoms with Crippen LogP contribution in [0.5, 0.6) is 0 Å². The highest BCUT2D eigenvalue weighted by Crippen LogP contribution is 1.99. The maximum Gasteiger partial charge on any atom is 0.325 e. The minimum absolute atomic E-state index is 0.193. The summed E-state index contributed by atoms with van der Waals surface area (Å²) in [6.07, 6.45) is 4.31.